The monoisotopic (exact) mass is 386 g/mol. The molecule has 1 aromatic heterocycles. The van der Waals surface area contributed by atoms with Crippen molar-refractivity contribution in [1.82, 2.24) is 20.7 Å². The molecule has 2 saturated heterocycles. The van der Waals surface area contributed by atoms with E-state index in [0.29, 0.717) is 18.0 Å². The first kappa shape index (κ1) is 19.1. The average molecular weight is 387 g/mol. The quantitative estimate of drug-likeness (QED) is 0.680. The van der Waals surface area contributed by atoms with Crippen molar-refractivity contribution in [3.05, 3.63) is 58.3 Å². The van der Waals surface area contributed by atoms with Gasteiger partial charge in [-0.15, -0.1) is 11.3 Å². The fourth-order valence-electron chi connectivity index (χ4n) is 4.41. The molecule has 3 heterocycles. The van der Waals surface area contributed by atoms with E-state index >= 15 is 0 Å². The number of hydrogen-bond acceptors (Lipinski definition) is 6. The van der Waals surface area contributed by atoms with Crippen LogP contribution in [0.5, 0.6) is 0 Å². The largest absolute Gasteiger partial charge is 0.396 e. The highest BCUT2D eigenvalue weighted by atomic mass is 32.1. The summed E-state index contributed by atoms with van der Waals surface area (Å²) < 4.78 is 0. The zero-order chi connectivity index (χ0) is 18.5. The Kier molecular flexibility index (Phi) is 6.55. The Hall–Kier alpha value is -1.28. The maximum atomic E-state index is 9.56. The SMILES string of the molecule is OCCC1CN(CC2CNNC2c2ccccc2)CCN1Cc1cccs1. The highest BCUT2D eigenvalue weighted by Crippen LogP contribution is 2.27. The molecule has 3 N–H and O–H groups in total. The number of aliphatic hydroxyl groups is 1. The number of hydrazine groups is 1. The minimum Gasteiger partial charge on any atom is -0.396 e. The summed E-state index contributed by atoms with van der Waals surface area (Å²) in [6.07, 6.45) is 0.852. The van der Waals surface area contributed by atoms with Crippen molar-refractivity contribution in [3.63, 3.8) is 0 Å². The molecule has 4 rings (SSSR count). The van der Waals surface area contributed by atoms with Crippen LogP contribution < -0.4 is 10.9 Å². The molecule has 3 unspecified atom stereocenters. The standard InChI is InChI=1S/C21H30N4OS/c26-11-8-19-15-24(9-10-25(19)16-20-7-4-12-27-20)14-18-13-22-23-21(18)17-5-2-1-3-6-17/h1-7,12,18-19,21-23,26H,8-11,13-16H2. The number of rotatable bonds is 7. The van der Waals surface area contributed by atoms with Gasteiger partial charge in [0.1, 0.15) is 0 Å². The van der Waals surface area contributed by atoms with Crippen LogP contribution in [0.4, 0.5) is 0 Å². The Labute approximate surface area is 166 Å². The van der Waals surface area contributed by atoms with Gasteiger partial charge in [0.2, 0.25) is 0 Å². The Morgan fingerprint density at radius 1 is 1.11 bits per heavy atom. The third kappa shape index (κ3) is 4.77. The maximum Gasteiger partial charge on any atom is 0.0515 e. The van der Waals surface area contributed by atoms with Gasteiger partial charge in [-0.2, -0.15) is 0 Å². The first-order valence-corrected chi connectivity index (χ1v) is 10.8. The van der Waals surface area contributed by atoms with Crippen molar-refractivity contribution in [3.8, 4) is 0 Å². The second kappa shape index (κ2) is 9.28. The molecule has 2 aliphatic heterocycles. The van der Waals surface area contributed by atoms with E-state index in [9.17, 15) is 5.11 Å². The number of aliphatic hydroxyl groups excluding tert-OH is 1. The van der Waals surface area contributed by atoms with Gasteiger partial charge in [0.25, 0.3) is 0 Å². The molecule has 3 atom stereocenters. The third-order valence-electron chi connectivity index (χ3n) is 5.83. The van der Waals surface area contributed by atoms with Crippen LogP contribution in [0.1, 0.15) is 22.9 Å². The molecule has 0 spiro atoms. The number of nitrogens with zero attached hydrogens (tertiary/aromatic N) is 2. The molecule has 0 radical (unpaired) electrons. The van der Waals surface area contributed by atoms with Gasteiger partial charge in [0.15, 0.2) is 0 Å². The van der Waals surface area contributed by atoms with Gasteiger partial charge in [-0.3, -0.25) is 10.3 Å². The minimum atomic E-state index is 0.263. The molecule has 0 aliphatic carbocycles. The van der Waals surface area contributed by atoms with Crippen LogP contribution in [-0.2, 0) is 6.54 Å². The predicted molar refractivity (Wildman–Crippen MR) is 110 cm³/mol. The molecule has 6 heteroatoms. The van der Waals surface area contributed by atoms with Crippen LogP contribution in [0, 0.1) is 5.92 Å². The Morgan fingerprint density at radius 2 is 2.00 bits per heavy atom. The molecular weight excluding hydrogens is 356 g/mol. The molecule has 2 aliphatic rings. The fourth-order valence-corrected chi connectivity index (χ4v) is 5.14. The van der Waals surface area contributed by atoms with Crippen molar-refractivity contribution in [2.75, 3.05) is 39.3 Å². The molecule has 146 valence electrons. The lowest BCUT2D eigenvalue weighted by Crippen LogP contribution is -2.54. The van der Waals surface area contributed by atoms with Gasteiger partial charge in [-0.1, -0.05) is 36.4 Å². The van der Waals surface area contributed by atoms with E-state index in [1.807, 2.05) is 11.3 Å². The summed E-state index contributed by atoms with van der Waals surface area (Å²) in [5.74, 6) is 0.561. The van der Waals surface area contributed by atoms with Crippen LogP contribution in [-0.4, -0.2) is 60.3 Å². The van der Waals surface area contributed by atoms with Crippen LogP contribution in [0.15, 0.2) is 47.8 Å². The summed E-state index contributed by atoms with van der Waals surface area (Å²) in [4.78, 5) is 6.57. The van der Waals surface area contributed by atoms with Crippen LogP contribution in [0.3, 0.4) is 0 Å². The van der Waals surface area contributed by atoms with Crippen molar-refractivity contribution in [2.45, 2.75) is 25.0 Å². The Balaban J connectivity index is 1.37. The van der Waals surface area contributed by atoms with E-state index in [1.165, 1.54) is 10.4 Å². The lowest BCUT2D eigenvalue weighted by Gasteiger charge is -2.42. The van der Waals surface area contributed by atoms with E-state index < -0.39 is 0 Å². The molecule has 0 saturated carbocycles. The zero-order valence-corrected chi connectivity index (χ0v) is 16.6. The van der Waals surface area contributed by atoms with E-state index in [1.54, 1.807) is 0 Å². The van der Waals surface area contributed by atoms with Crippen molar-refractivity contribution >= 4 is 11.3 Å². The van der Waals surface area contributed by atoms with Crippen LogP contribution in [0.25, 0.3) is 0 Å². The van der Waals surface area contributed by atoms with E-state index in [4.69, 9.17) is 0 Å². The highest BCUT2D eigenvalue weighted by Gasteiger charge is 2.33. The number of piperazine rings is 1. The van der Waals surface area contributed by atoms with Crippen LogP contribution >= 0.6 is 11.3 Å². The van der Waals surface area contributed by atoms with Gasteiger partial charge in [-0.25, -0.2) is 5.43 Å². The predicted octanol–water partition coefficient (Wildman–Crippen LogP) is 2.08. The Morgan fingerprint density at radius 3 is 2.78 bits per heavy atom. The molecule has 5 nitrogen and oxygen atoms in total. The molecule has 0 bridgehead atoms. The first-order valence-electron chi connectivity index (χ1n) is 9.96. The highest BCUT2D eigenvalue weighted by molar-refractivity contribution is 7.09. The lowest BCUT2D eigenvalue weighted by molar-refractivity contribution is 0.0463. The average Bonchev–Trinajstić information content (AvgIpc) is 3.37. The first-order chi connectivity index (χ1) is 13.3. The second-order valence-corrected chi connectivity index (χ2v) is 8.68. The molecular formula is C21H30N4OS. The number of hydrogen-bond donors (Lipinski definition) is 3. The van der Waals surface area contributed by atoms with E-state index in [0.717, 1.165) is 45.7 Å². The summed E-state index contributed by atoms with van der Waals surface area (Å²) >= 11 is 1.83. The van der Waals surface area contributed by atoms with Gasteiger partial charge >= 0.3 is 0 Å². The number of benzene rings is 1. The Bertz CT molecular complexity index is 681. The molecule has 2 aromatic rings. The van der Waals surface area contributed by atoms with Gasteiger partial charge in [-0.05, 0) is 23.4 Å². The van der Waals surface area contributed by atoms with E-state index in [-0.39, 0.29) is 6.61 Å². The van der Waals surface area contributed by atoms with Crippen molar-refractivity contribution < 1.29 is 5.11 Å². The van der Waals surface area contributed by atoms with Gasteiger partial charge in [0.05, 0.1) is 6.04 Å². The van der Waals surface area contributed by atoms with E-state index in [2.05, 4.69) is 68.5 Å². The topological polar surface area (TPSA) is 50.8 Å². The number of thiophene rings is 1. The van der Waals surface area contributed by atoms with Crippen molar-refractivity contribution in [1.29, 1.82) is 0 Å². The van der Waals surface area contributed by atoms with Gasteiger partial charge < -0.3 is 10.0 Å². The third-order valence-corrected chi connectivity index (χ3v) is 6.70. The lowest BCUT2D eigenvalue weighted by atomic mass is 9.94. The molecule has 1 aromatic carbocycles. The molecule has 27 heavy (non-hydrogen) atoms. The smallest absolute Gasteiger partial charge is 0.0515 e. The van der Waals surface area contributed by atoms with Crippen molar-refractivity contribution in [2.24, 2.45) is 5.92 Å². The second-order valence-electron chi connectivity index (χ2n) is 7.65. The molecule has 0 amide bonds. The summed E-state index contributed by atoms with van der Waals surface area (Å²) in [7, 11) is 0. The minimum absolute atomic E-state index is 0.263. The summed E-state index contributed by atoms with van der Waals surface area (Å²) in [6, 6.07) is 15.9. The number of nitrogens with one attached hydrogen (secondary N) is 2. The zero-order valence-electron chi connectivity index (χ0n) is 15.8. The van der Waals surface area contributed by atoms with Gasteiger partial charge in [0, 0.05) is 62.7 Å². The fraction of sp³-hybridized carbons (Fsp3) is 0.524. The molecule has 2 fully saturated rings. The summed E-state index contributed by atoms with van der Waals surface area (Å²) in [5, 5.41) is 11.7. The van der Waals surface area contributed by atoms with Crippen LogP contribution in [0.2, 0.25) is 0 Å². The summed E-state index contributed by atoms with van der Waals surface area (Å²) in [5.41, 5.74) is 8.18. The maximum absolute atomic E-state index is 9.56. The normalized spacial score (nSPS) is 27.2. The summed E-state index contributed by atoms with van der Waals surface area (Å²) in [6.45, 7) is 6.59.